The van der Waals surface area contributed by atoms with Crippen LogP contribution in [0.1, 0.15) is 23.2 Å². The maximum Gasteiger partial charge on any atom is 0.274 e. The second-order valence-corrected chi connectivity index (χ2v) is 9.62. The summed E-state index contributed by atoms with van der Waals surface area (Å²) in [6.45, 7) is 3.68. The third-order valence-corrected chi connectivity index (χ3v) is 7.12. The molecule has 4 aromatic rings. The molecule has 1 atom stereocenters. The number of hydrogen-bond donors (Lipinski definition) is 1. The molecule has 0 saturated heterocycles. The molecule has 0 saturated carbocycles. The van der Waals surface area contributed by atoms with Crippen LogP contribution in [0.4, 0.5) is 0 Å². The standard InChI is InChI=1S/C31H38N4O5/c1-21-24-18-28(39-4)29(40-5)19-25(24)31(36)35(33-21)16-14-30(32)34(20-23-9-7-6-8-10-23)15-13-22-11-12-26(37-2)27(17-22)38-3/h6-12,17-19,30H,13-16,20,32H2,1-5H3. The van der Waals surface area contributed by atoms with Gasteiger partial charge in [0.1, 0.15) is 0 Å². The Bertz CT molecular complexity index is 1490. The number of benzene rings is 3. The lowest BCUT2D eigenvalue weighted by Crippen LogP contribution is -2.44. The van der Waals surface area contributed by atoms with Crippen molar-refractivity contribution in [3.8, 4) is 23.0 Å². The fraction of sp³-hybridized carbons (Fsp3) is 0.355. The second-order valence-electron chi connectivity index (χ2n) is 9.62. The molecule has 0 aliphatic carbocycles. The smallest absolute Gasteiger partial charge is 0.274 e. The summed E-state index contributed by atoms with van der Waals surface area (Å²) in [5, 5.41) is 5.86. The summed E-state index contributed by atoms with van der Waals surface area (Å²) in [6.07, 6.45) is 1.02. The molecule has 0 spiro atoms. The van der Waals surface area contributed by atoms with Crippen LogP contribution in [0, 0.1) is 6.92 Å². The molecule has 3 aromatic carbocycles. The summed E-state index contributed by atoms with van der Waals surface area (Å²) in [5.41, 5.74) is 9.60. The van der Waals surface area contributed by atoms with Crippen molar-refractivity contribution in [1.29, 1.82) is 0 Å². The molecule has 0 aliphatic rings. The molecule has 4 rings (SSSR count). The molecule has 0 fully saturated rings. The number of rotatable bonds is 13. The molecule has 0 bridgehead atoms. The van der Waals surface area contributed by atoms with Gasteiger partial charge in [-0.3, -0.25) is 9.69 Å². The summed E-state index contributed by atoms with van der Waals surface area (Å²) < 4.78 is 23.2. The van der Waals surface area contributed by atoms with Gasteiger partial charge in [0.25, 0.3) is 5.56 Å². The number of hydrogen-bond acceptors (Lipinski definition) is 8. The third kappa shape index (κ3) is 6.55. The van der Waals surface area contributed by atoms with Gasteiger partial charge in [0.15, 0.2) is 23.0 Å². The molecular formula is C31H38N4O5. The van der Waals surface area contributed by atoms with Gasteiger partial charge in [-0.05, 0) is 55.2 Å². The topological polar surface area (TPSA) is 101 Å². The van der Waals surface area contributed by atoms with Crippen LogP contribution < -0.4 is 30.2 Å². The first-order valence-electron chi connectivity index (χ1n) is 13.3. The lowest BCUT2D eigenvalue weighted by atomic mass is 10.1. The van der Waals surface area contributed by atoms with E-state index >= 15 is 0 Å². The van der Waals surface area contributed by atoms with Crippen molar-refractivity contribution in [1.82, 2.24) is 14.7 Å². The predicted molar refractivity (Wildman–Crippen MR) is 157 cm³/mol. The Morgan fingerprint density at radius 1 is 0.825 bits per heavy atom. The van der Waals surface area contributed by atoms with Gasteiger partial charge >= 0.3 is 0 Å². The zero-order valence-corrected chi connectivity index (χ0v) is 23.8. The molecule has 212 valence electrons. The largest absolute Gasteiger partial charge is 0.493 e. The fourth-order valence-corrected chi connectivity index (χ4v) is 4.85. The Morgan fingerprint density at radius 3 is 2.10 bits per heavy atom. The number of aromatic nitrogens is 2. The Morgan fingerprint density at radius 2 is 1.45 bits per heavy atom. The van der Waals surface area contributed by atoms with Crippen molar-refractivity contribution in [3.05, 3.63) is 87.8 Å². The highest BCUT2D eigenvalue weighted by Crippen LogP contribution is 2.31. The van der Waals surface area contributed by atoms with E-state index in [9.17, 15) is 4.79 Å². The molecule has 1 heterocycles. The number of fused-ring (bicyclic) bond motifs is 1. The van der Waals surface area contributed by atoms with Gasteiger partial charge in [-0.1, -0.05) is 36.4 Å². The molecular weight excluding hydrogens is 508 g/mol. The van der Waals surface area contributed by atoms with Crippen LogP contribution in [0.25, 0.3) is 10.8 Å². The Hall–Kier alpha value is -4.08. The number of nitrogens with zero attached hydrogens (tertiary/aromatic N) is 3. The molecule has 0 aliphatic heterocycles. The summed E-state index contributed by atoms with van der Waals surface area (Å²) in [7, 11) is 6.39. The monoisotopic (exact) mass is 546 g/mol. The minimum absolute atomic E-state index is 0.186. The van der Waals surface area contributed by atoms with Gasteiger partial charge in [0.2, 0.25) is 0 Å². The normalized spacial score (nSPS) is 12.0. The van der Waals surface area contributed by atoms with Crippen molar-refractivity contribution >= 4 is 10.8 Å². The highest BCUT2D eigenvalue weighted by atomic mass is 16.5. The Balaban J connectivity index is 1.54. The lowest BCUT2D eigenvalue weighted by molar-refractivity contribution is 0.176. The molecule has 40 heavy (non-hydrogen) atoms. The molecule has 1 aromatic heterocycles. The van der Waals surface area contributed by atoms with E-state index in [1.807, 2.05) is 43.3 Å². The van der Waals surface area contributed by atoms with Gasteiger partial charge < -0.3 is 24.7 Å². The van der Waals surface area contributed by atoms with Crippen molar-refractivity contribution in [2.45, 2.75) is 39.0 Å². The molecule has 9 heteroatoms. The van der Waals surface area contributed by atoms with Crippen LogP contribution in [-0.4, -0.2) is 55.8 Å². The minimum atomic E-state index is -0.296. The number of nitrogens with two attached hydrogens (primary N) is 1. The summed E-state index contributed by atoms with van der Waals surface area (Å²) >= 11 is 0. The van der Waals surface area contributed by atoms with Gasteiger partial charge in [0, 0.05) is 25.0 Å². The predicted octanol–water partition coefficient (Wildman–Crippen LogP) is 4.16. The van der Waals surface area contributed by atoms with Gasteiger partial charge in [0.05, 0.1) is 45.7 Å². The number of methoxy groups -OCH3 is 4. The Kier molecular flexibility index (Phi) is 9.63. The molecule has 0 amide bonds. The zero-order valence-electron chi connectivity index (χ0n) is 23.8. The summed E-state index contributed by atoms with van der Waals surface area (Å²) in [4.78, 5) is 15.6. The third-order valence-electron chi connectivity index (χ3n) is 7.12. The molecule has 1 unspecified atom stereocenters. The van der Waals surface area contributed by atoms with E-state index in [2.05, 4.69) is 22.1 Å². The van der Waals surface area contributed by atoms with Gasteiger partial charge in [-0.15, -0.1) is 0 Å². The Labute approximate surface area is 235 Å². The fourth-order valence-electron chi connectivity index (χ4n) is 4.85. The summed E-state index contributed by atoms with van der Waals surface area (Å²) in [6, 6.07) is 19.7. The second kappa shape index (κ2) is 13.3. The van der Waals surface area contributed by atoms with Crippen LogP contribution in [0.15, 0.2) is 65.5 Å². The van der Waals surface area contributed by atoms with E-state index < -0.39 is 0 Å². The first kappa shape index (κ1) is 28.9. The van der Waals surface area contributed by atoms with Crippen molar-refractivity contribution in [2.24, 2.45) is 5.73 Å². The van der Waals surface area contributed by atoms with E-state index in [0.717, 1.165) is 29.6 Å². The van der Waals surface area contributed by atoms with Crippen LogP contribution >= 0.6 is 0 Å². The highest BCUT2D eigenvalue weighted by molar-refractivity contribution is 5.87. The number of ether oxygens (including phenoxy) is 4. The first-order valence-corrected chi connectivity index (χ1v) is 13.3. The SMILES string of the molecule is COc1ccc(CCN(Cc2ccccc2)C(N)CCn2nc(C)c3cc(OC)c(OC)cc3c2=O)cc1OC. The quantitative estimate of drug-likeness (QED) is 0.250. The van der Waals surface area contributed by atoms with E-state index in [-0.39, 0.29) is 11.7 Å². The summed E-state index contributed by atoms with van der Waals surface area (Å²) in [5.74, 6) is 2.46. The lowest BCUT2D eigenvalue weighted by Gasteiger charge is -2.29. The highest BCUT2D eigenvalue weighted by Gasteiger charge is 2.18. The van der Waals surface area contributed by atoms with Crippen LogP contribution in [-0.2, 0) is 19.5 Å². The maximum absolute atomic E-state index is 13.4. The van der Waals surface area contributed by atoms with E-state index in [4.69, 9.17) is 24.7 Å². The van der Waals surface area contributed by atoms with Crippen LogP contribution in [0.5, 0.6) is 23.0 Å². The van der Waals surface area contributed by atoms with Crippen LogP contribution in [0.3, 0.4) is 0 Å². The average molecular weight is 547 g/mol. The minimum Gasteiger partial charge on any atom is -0.493 e. The van der Waals surface area contributed by atoms with Crippen molar-refractivity contribution < 1.29 is 18.9 Å². The first-order chi connectivity index (χ1) is 19.4. The average Bonchev–Trinajstić information content (AvgIpc) is 2.99. The van der Waals surface area contributed by atoms with Gasteiger partial charge in [-0.2, -0.15) is 5.10 Å². The van der Waals surface area contributed by atoms with Crippen LogP contribution in [0.2, 0.25) is 0 Å². The molecule has 0 radical (unpaired) electrons. The zero-order chi connectivity index (χ0) is 28.6. The van der Waals surface area contributed by atoms with Gasteiger partial charge in [-0.25, -0.2) is 4.68 Å². The maximum atomic E-state index is 13.4. The number of aryl methyl sites for hydroxylation is 2. The molecule has 9 nitrogen and oxygen atoms in total. The van der Waals surface area contributed by atoms with Crippen molar-refractivity contribution in [3.63, 3.8) is 0 Å². The van der Waals surface area contributed by atoms with E-state index in [1.54, 1.807) is 40.6 Å². The van der Waals surface area contributed by atoms with E-state index in [1.165, 1.54) is 10.2 Å². The van der Waals surface area contributed by atoms with Crippen molar-refractivity contribution in [2.75, 3.05) is 35.0 Å². The van der Waals surface area contributed by atoms with E-state index in [0.29, 0.717) is 47.9 Å². The molecule has 2 N–H and O–H groups in total.